The largest absolute Gasteiger partial charge is 0.309 e. The van der Waals surface area contributed by atoms with Crippen LogP contribution in [0.3, 0.4) is 0 Å². The van der Waals surface area contributed by atoms with Gasteiger partial charge < -0.3 is 9.13 Å². The van der Waals surface area contributed by atoms with Crippen LogP contribution in [0.25, 0.3) is 86.3 Å². The number of hydrogen-bond donors (Lipinski definition) is 0. The van der Waals surface area contributed by atoms with Gasteiger partial charge in [0.1, 0.15) is 0 Å². The lowest BCUT2D eigenvalue weighted by Gasteiger charge is -2.10. The minimum Gasteiger partial charge on any atom is -0.309 e. The highest BCUT2D eigenvalue weighted by Crippen LogP contribution is 2.44. The van der Waals surface area contributed by atoms with E-state index in [9.17, 15) is 0 Å². The topological polar surface area (TPSA) is 9.86 Å². The van der Waals surface area contributed by atoms with Gasteiger partial charge in [-0.2, -0.15) is 0 Å². The molecule has 3 heteroatoms. The van der Waals surface area contributed by atoms with Crippen LogP contribution in [0.1, 0.15) is 0 Å². The molecule has 0 amide bonds. The second-order valence-electron chi connectivity index (χ2n) is 11.8. The van der Waals surface area contributed by atoms with Gasteiger partial charge in [-0.15, -0.1) is 11.3 Å². The molecule has 0 radical (unpaired) electrons. The molecule has 0 saturated heterocycles. The molecule has 0 atom stereocenters. The minimum atomic E-state index is 1.17. The van der Waals surface area contributed by atoms with E-state index in [-0.39, 0.29) is 0 Å². The normalized spacial score (nSPS) is 12.0. The molecule has 0 aliphatic carbocycles. The van der Waals surface area contributed by atoms with Crippen LogP contribution in [-0.2, 0) is 0 Å². The van der Waals surface area contributed by atoms with Crippen molar-refractivity contribution in [3.63, 3.8) is 0 Å². The number of benzene rings is 7. The van der Waals surface area contributed by atoms with Crippen LogP contribution in [0.5, 0.6) is 0 Å². The Kier molecular flexibility index (Phi) is 5.19. The second kappa shape index (κ2) is 9.43. The Balaban J connectivity index is 1.31. The predicted molar refractivity (Wildman–Crippen MR) is 193 cm³/mol. The SMILES string of the molecule is c1ccc(-c2ccc3c(c2)c2ccccc2n3-c2ccc3c(c2)c2c4sc5ccccc5c4ccc2n3-c2ccccc2)cc1. The standard InChI is InChI=1S/C42H26N2S/c1-3-11-27(12-4-1)28-19-22-37-34(25-28)31-15-7-9-17-36(31)44(37)30-20-23-38-35(26-30)41-39(43(38)29-13-5-2-6-14-29)24-21-33-32-16-8-10-18-40(32)45-42(33)41/h1-26H. The van der Waals surface area contributed by atoms with Gasteiger partial charge in [0.2, 0.25) is 0 Å². The fourth-order valence-corrected chi connectivity index (χ4v) is 8.59. The Labute approximate surface area is 263 Å². The van der Waals surface area contributed by atoms with Gasteiger partial charge in [0.15, 0.2) is 0 Å². The van der Waals surface area contributed by atoms with Crippen molar-refractivity contribution in [1.29, 1.82) is 0 Å². The van der Waals surface area contributed by atoms with Crippen LogP contribution in [0.15, 0.2) is 158 Å². The summed E-state index contributed by atoms with van der Waals surface area (Å²) in [6, 6.07) is 57.6. The first-order valence-electron chi connectivity index (χ1n) is 15.4. The van der Waals surface area contributed by atoms with E-state index >= 15 is 0 Å². The summed E-state index contributed by atoms with van der Waals surface area (Å²) in [7, 11) is 0. The summed E-state index contributed by atoms with van der Waals surface area (Å²) in [5.74, 6) is 0. The van der Waals surface area contributed by atoms with E-state index in [4.69, 9.17) is 0 Å². The summed E-state index contributed by atoms with van der Waals surface area (Å²) in [4.78, 5) is 0. The average molecular weight is 591 g/mol. The molecule has 0 aliphatic rings. The first-order chi connectivity index (χ1) is 22.3. The van der Waals surface area contributed by atoms with Crippen molar-refractivity contribution in [3.8, 4) is 22.5 Å². The third kappa shape index (κ3) is 3.56. The molecule has 0 N–H and O–H groups in total. The number of aromatic nitrogens is 2. The molecule has 0 unspecified atom stereocenters. The zero-order valence-corrected chi connectivity index (χ0v) is 25.1. The Hall–Kier alpha value is -5.64. The number of hydrogen-bond acceptors (Lipinski definition) is 1. The monoisotopic (exact) mass is 590 g/mol. The molecule has 10 aromatic rings. The molecule has 0 fully saturated rings. The lowest BCUT2D eigenvalue weighted by atomic mass is 10.0. The first-order valence-corrected chi connectivity index (χ1v) is 16.2. The summed E-state index contributed by atoms with van der Waals surface area (Å²) in [5.41, 5.74) is 9.71. The Morgan fingerprint density at radius 3 is 1.87 bits per heavy atom. The smallest absolute Gasteiger partial charge is 0.0555 e. The van der Waals surface area contributed by atoms with E-state index in [2.05, 4.69) is 167 Å². The molecule has 10 rings (SSSR count). The second-order valence-corrected chi connectivity index (χ2v) is 12.8. The van der Waals surface area contributed by atoms with Gasteiger partial charge >= 0.3 is 0 Å². The number of fused-ring (bicyclic) bond motifs is 10. The van der Waals surface area contributed by atoms with Crippen molar-refractivity contribution in [1.82, 2.24) is 9.13 Å². The van der Waals surface area contributed by atoms with Crippen molar-refractivity contribution in [2.75, 3.05) is 0 Å². The quantitative estimate of drug-likeness (QED) is 0.194. The Morgan fingerprint density at radius 2 is 1.00 bits per heavy atom. The van der Waals surface area contributed by atoms with Crippen molar-refractivity contribution in [2.45, 2.75) is 0 Å². The van der Waals surface area contributed by atoms with Gasteiger partial charge in [-0.25, -0.2) is 0 Å². The zero-order valence-electron chi connectivity index (χ0n) is 24.3. The maximum atomic E-state index is 2.44. The van der Waals surface area contributed by atoms with E-state index in [0.717, 1.165) is 0 Å². The number of para-hydroxylation sites is 2. The van der Waals surface area contributed by atoms with E-state index in [1.807, 2.05) is 11.3 Å². The van der Waals surface area contributed by atoms with E-state index in [1.54, 1.807) is 0 Å². The average Bonchev–Trinajstić information content (AvgIpc) is 3.76. The summed E-state index contributed by atoms with van der Waals surface area (Å²) in [6.45, 7) is 0. The van der Waals surface area contributed by atoms with Gasteiger partial charge in [-0.05, 0) is 71.8 Å². The number of nitrogens with zero attached hydrogens (tertiary/aromatic N) is 2. The fourth-order valence-electron chi connectivity index (χ4n) is 7.33. The van der Waals surface area contributed by atoms with Gasteiger partial charge in [0, 0.05) is 53.1 Å². The molecule has 210 valence electrons. The molecule has 45 heavy (non-hydrogen) atoms. The summed E-state index contributed by atoms with van der Waals surface area (Å²) >= 11 is 1.90. The van der Waals surface area contributed by atoms with E-state index < -0.39 is 0 Å². The van der Waals surface area contributed by atoms with Crippen LogP contribution in [-0.4, -0.2) is 9.13 Å². The highest BCUT2D eigenvalue weighted by Gasteiger charge is 2.19. The van der Waals surface area contributed by atoms with Gasteiger partial charge in [-0.3, -0.25) is 0 Å². The van der Waals surface area contributed by atoms with Crippen LogP contribution in [0, 0.1) is 0 Å². The maximum absolute atomic E-state index is 2.44. The number of rotatable bonds is 3. The summed E-state index contributed by atoms with van der Waals surface area (Å²) < 4.78 is 7.54. The lowest BCUT2D eigenvalue weighted by molar-refractivity contribution is 1.17. The predicted octanol–water partition coefficient (Wildman–Crippen LogP) is 11.9. The van der Waals surface area contributed by atoms with Crippen LogP contribution < -0.4 is 0 Å². The van der Waals surface area contributed by atoms with Crippen molar-refractivity contribution >= 4 is 75.1 Å². The maximum Gasteiger partial charge on any atom is 0.0555 e. The molecule has 2 nitrogen and oxygen atoms in total. The third-order valence-corrected chi connectivity index (χ3v) is 10.5. The van der Waals surface area contributed by atoms with E-state index in [1.165, 1.54) is 86.3 Å². The molecular formula is C42H26N2S. The molecule has 3 heterocycles. The van der Waals surface area contributed by atoms with Crippen LogP contribution in [0.4, 0.5) is 0 Å². The van der Waals surface area contributed by atoms with Crippen molar-refractivity contribution < 1.29 is 0 Å². The number of thiophene rings is 1. The van der Waals surface area contributed by atoms with Crippen molar-refractivity contribution in [3.05, 3.63) is 158 Å². The van der Waals surface area contributed by atoms with Gasteiger partial charge in [0.05, 0.1) is 22.1 Å². The minimum absolute atomic E-state index is 1.17. The highest BCUT2D eigenvalue weighted by atomic mass is 32.1. The third-order valence-electron chi connectivity index (χ3n) is 9.31. The van der Waals surface area contributed by atoms with Crippen LogP contribution in [0.2, 0.25) is 0 Å². The molecular weight excluding hydrogens is 565 g/mol. The summed E-state index contributed by atoms with van der Waals surface area (Å²) in [5, 5.41) is 7.78. The molecule has 0 saturated carbocycles. The zero-order chi connectivity index (χ0) is 29.5. The molecule has 0 aliphatic heterocycles. The first kappa shape index (κ1) is 24.8. The van der Waals surface area contributed by atoms with Gasteiger partial charge in [0.25, 0.3) is 0 Å². The van der Waals surface area contributed by atoms with Crippen LogP contribution >= 0.6 is 11.3 Å². The molecule has 3 aromatic heterocycles. The van der Waals surface area contributed by atoms with Crippen molar-refractivity contribution in [2.24, 2.45) is 0 Å². The molecule has 0 bridgehead atoms. The lowest BCUT2D eigenvalue weighted by Crippen LogP contribution is -1.95. The molecule has 7 aromatic carbocycles. The molecule has 0 spiro atoms. The Bertz CT molecular complexity index is 2740. The van der Waals surface area contributed by atoms with E-state index in [0.29, 0.717) is 0 Å². The van der Waals surface area contributed by atoms with Gasteiger partial charge in [-0.1, -0.05) is 97.1 Å². The fraction of sp³-hybridized carbons (Fsp3) is 0. The Morgan fingerprint density at radius 1 is 0.356 bits per heavy atom. The summed E-state index contributed by atoms with van der Waals surface area (Å²) in [6.07, 6.45) is 0. The highest BCUT2D eigenvalue weighted by molar-refractivity contribution is 7.26.